The summed E-state index contributed by atoms with van der Waals surface area (Å²) in [7, 11) is 2.00. The predicted octanol–water partition coefficient (Wildman–Crippen LogP) is 1.51. The van der Waals surface area contributed by atoms with Gasteiger partial charge in [-0.25, -0.2) is 0 Å². The molecule has 1 aromatic rings. The molecule has 1 fully saturated rings. The van der Waals surface area contributed by atoms with Crippen LogP contribution >= 0.6 is 0 Å². The average Bonchev–Trinajstić information content (AvgIpc) is 2.46. The lowest BCUT2D eigenvalue weighted by molar-refractivity contribution is -0.0109. The molecular weight excluding hydrogens is 268 g/mol. The molecular formula is C16H26N2O3. The van der Waals surface area contributed by atoms with Crippen LogP contribution in [0.15, 0.2) is 24.3 Å². The van der Waals surface area contributed by atoms with Gasteiger partial charge in [0.05, 0.1) is 6.10 Å². The van der Waals surface area contributed by atoms with Crippen molar-refractivity contribution >= 4 is 5.69 Å². The Balaban J connectivity index is 1.67. The number of hydrogen-bond acceptors (Lipinski definition) is 5. The Morgan fingerprint density at radius 3 is 3.05 bits per heavy atom. The Hall–Kier alpha value is -1.30. The molecule has 0 aliphatic carbocycles. The first-order chi connectivity index (χ1) is 10.1. The predicted molar refractivity (Wildman–Crippen MR) is 83.4 cm³/mol. The summed E-state index contributed by atoms with van der Waals surface area (Å²) in [5.41, 5.74) is 6.35. The second kappa shape index (κ2) is 8.22. The third-order valence-corrected chi connectivity index (χ3v) is 3.61. The van der Waals surface area contributed by atoms with Crippen molar-refractivity contribution in [3.8, 4) is 5.75 Å². The molecule has 0 saturated carbocycles. The van der Waals surface area contributed by atoms with Crippen molar-refractivity contribution in [2.24, 2.45) is 0 Å². The molecule has 2 unspecified atom stereocenters. The van der Waals surface area contributed by atoms with Gasteiger partial charge in [0, 0.05) is 31.5 Å². The Morgan fingerprint density at radius 2 is 2.33 bits per heavy atom. The monoisotopic (exact) mass is 294 g/mol. The third-order valence-electron chi connectivity index (χ3n) is 3.61. The number of anilines is 1. The number of nitrogen functional groups attached to an aromatic ring is 1. The van der Waals surface area contributed by atoms with Gasteiger partial charge >= 0.3 is 0 Å². The zero-order valence-electron chi connectivity index (χ0n) is 12.7. The first-order valence-electron chi connectivity index (χ1n) is 7.60. The molecule has 1 saturated heterocycles. The van der Waals surface area contributed by atoms with Gasteiger partial charge in [0.1, 0.15) is 18.5 Å². The topological polar surface area (TPSA) is 68.0 Å². The molecule has 1 heterocycles. The van der Waals surface area contributed by atoms with E-state index in [0.717, 1.165) is 26.0 Å². The lowest BCUT2D eigenvalue weighted by atomic mass is 10.1. The van der Waals surface area contributed by atoms with Gasteiger partial charge in [-0.2, -0.15) is 0 Å². The number of aliphatic hydroxyl groups is 1. The molecule has 0 radical (unpaired) electrons. The van der Waals surface area contributed by atoms with E-state index in [1.807, 2.05) is 19.2 Å². The first-order valence-corrected chi connectivity index (χ1v) is 7.60. The number of aliphatic hydroxyl groups excluding tert-OH is 1. The summed E-state index contributed by atoms with van der Waals surface area (Å²) in [6.07, 6.45) is 3.28. The van der Waals surface area contributed by atoms with Crippen LogP contribution < -0.4 is 10.5 Å². The van der Waals surface area contributed by atoms with Gasteiger partial charge in [0.2, 0.25) is 0 Å². The van der Waals surface area contributed by atoms with E-state index >= 15 is 0 Å². The molecule has 1 aliphatic heterocycles. The minimum atomic E-state index is -0.528. The maximum Gasteiger partial charge on any atom is 0.121 e. The van der Waals surface area contributed by atoms with E-state index in [2.05, 4.69) is 4.90 Å². The second-order valence-corrected chi connectivity index (χ2v) is 5.75. The van der Waals surface area contributed by atoms with Crippen LogP contribution in [0.5, 0.6) is 5.75 Å². The molecule has 5 nitrogen and oxygen atoms in total. The van der Waals surface area contributed by atoms with Crippen molar-refractivity contribution in [3.05, 3.63) is 24.3 Å². The second-order valence-electron chi connectivity index (χ2n) is 5.75. The summed E-state index contributed by atoms with van der Waals surface area (Å²) >= 11 is 0. The number of nitrogens with zero attached hydrogens (tertiary/aromatic N) is 1. The van der Waals surface area contributed by atoms with Gasteiger partial charge in [-0.05, 0) is 38.4 Å². The van der Waals surface area contributed by atoms with Gasteiger partial charge in [-0.15, -0.1) is 0 Å². The van der Waals surface area contributed by atoms with Crippen molar-refractivity contribution in [1.29, 1.82) is 0 Å². The zero-order chi connectivity index (χ0) is 15.1. The van der Waals surface area contributed by atoms with Crippen LogP contribution in [0.3, 0.4) is 0 Å². The highest BCUT2D eigenvalue weighted by molar-refractivity contribution is 5.43. The van der Waals surface area contributed by atoms with E-state index < -0.39 is 6.10 Å². The van der Waals surface area contributed by atoms with E-state index in [0.29, 0.717) is 24.1 Å². The molecule has 0 bridgehead atoms. The van der Waals surface area contributed by atoms with Gasteiger partial charge in [-0.1, -0.05) is 6.07 Å². The summed E-state index contributed by atoms with van der Waals surface area (Å²) in [6, 6.07) is 7.24. The first kappa shape index (κ1) is 16.1. The molecule has 0 aromatic heterocycles. The Kier molecular flexibility index (Phi) is 6.29. The van der Waals surface area contributed by atoms with Crippen LogP contribution in [-0.4, -0.2) is 55.6 Å². The maximum absolute atomic E-state index is 10.0. The van der Waals surface area contributed by atoms with E-state index in [1.165, 1.54) is 6.42 Å². The van der Waals surface area contributed by atoms with Crippen LogP contribution in [0.2, 0.25) is 0 Å². The van der Waals surface area contributed by atoms with Crippen LogP contribution in [0.4, 0.5) is 5.69 Å². The fraction of sp³-hybridized carbons (Fsp3) is 0.625. The van der Waals surface area contributed by atoms with Gasteiger partial charge in [0.25, 0.3) is 0 Å². The summed E-state index contributed by atoms with van der Waals surface area (Å²) < 4.78 is 11.3. The summed E-state index contributed by atoms with van der Waals surface area (Å²) in [5.74, 6) is 0.687. The molecule has 0 spiro atoms. The van der Waals surface area contributed by atoms with Crippen molar-refractivity contribution in [3.63, 3.8) is 0 Å². The van der Waals surface area contributed by atoms with Crippen LogP contribution in [0.1, 0.15) is 19.3 Å². The van der Waals surface area contributed by atoms with Crippen molar-refractivity contribution in [2.75, 3.05) is 39.1 Å². The quantitative estimate of drug-likeness (QED) is 0.746. The van der Waals surface area contributed by atoms with Gasteiger partial charge in [0.15, 0.2) is 0 Å². The summed E-state index contributed by atoms with van der Waals surface area (Å²) in [6.45, 7) is 2.55. The van der Waals surface area contributed by atoms with Crippen molar-refractivity contribution < 1.29 is 14.6 Å². The van der Waals surface area contributed by atoms with Crippen LogP contribution in [0, 0.1) is 0 Å². The fourth-order valence-corrected chi connectivity index (χ4v) is 2.58. The molecule has 118 valence electrons. The number of benzene rings is 1. The Morgan fingerprint density at radius 1 is 1.48 bits per heavy atom. The van der Waals surface area contributed by atoms with Crippen LogP contribution in [-0.2, 0) is 4.74 Å². The summed E-state index contributed by atoms with van der Waals surface area (Å²) in [5, 5.41) is 10.0. The highest BCUT2D eigenvalue weighted by Crippen LogP contribution is 2.15. The molecule has 5 heteroatoms. The SMILES string of the molecule is CN(CC(O)COc1cccc(N)c1)CC1CCCCO1. The molecule has 1 aromatic carbocycles. The average molecular weight is 294 g/mol. The lowest BCUT2D eigenvalue weighted by Gasteiger charge is -2.28. The lowest BCUT2D eigenvalue weighted by Crippen LogP contribution is -2.39. The highest BCUT2D eigenvalue weighted by Gasteiger charge is 2.17. The van der Waals surface area contributed by atoms with E-state index in [4.69, 9.17) is 15.2 Å². The van der Waals surface area contributed by atoms with E-state index in [-0.39, 0.29) is 6.61 Å². The largest absolute Gasteiger partial charge is 0.491 e. The normalized spacial score (nSPS) is 20.4. The smallest absolute Gasteiger partial charge is 0.121 e. The van der Waals surface area contributed by atoms with E-state index in [1.54, 1.807) is 12.1 Å². The van der Waals surface area contributed by atoms with Gasteiger partial charge in [-0.3, -0.25) is 0 Å². The minimum Gasteiger partial charge on any atom is -0.491 e. The molecule has 3 N–H and O–H groups in total. The minimum absolute atomic E-state index is 0.263. The molecule has 2 atom stereocenters. The van der Waals surface area contributed by atoms with E-state index in [9.17, 15) is 5.11 Å². The highest BCUT2D eigenvalue weighted by atomic mass is 16.5. The number of ether oxygens (including phenoxy) is 2. The fourth-order valence-electron chi connectivity index (χ4n) is 2.58. The van der Waals surface area contributed by atoms with Gasteiger partial charge < -0.3 is 25.2 Å². The number of likely N-dealkylation sites (N-methyl/N-ethyl adjacent to an activating group) is 1. The Labute approximate surface area is 126 Å². The molecule has 2 rings (SSSR count). The molecule has 0 amide bonds. The number of rotatable bonds is 7. The molecule has 1 aliphatic rings. The maximum atomic E-state index is 10.0. The number of hydrogen-bond donors (Lipinski definition) is 2. The standard InChI is InChI=1S/C16H26N2O3/c1-18(11-16-6-2-3-8-20-16)10-14(19)12-21-15-7-4-5-13(17)9-15/h4-5,7,9,14,16,19H,2-3,6,8,10-12,17H2,1H3. The molecule has 21 heavy (non-hydrogen) atoms. The Bertz CT molecular complexity index is 422. The zero-order valence-corrected chi connectivity index (χ0v) is 12.7. The summed E-state index contributed by atoms with van der Waals surface area (Å²) in [4.78, 5) is 2.10. The third kappa shape index (κ3) is 5.91. The van der Waals surface area contributed by atoms with Crippen LogP contribution in [0.25, 0.3) is 0 Å². The van der Waals surface area contributed by atoms with Crippen molar-refractivity contribution in [1.82, 2.24) is 4.90 Å². The number of nitrogens with two attached hydrogens (primary N) is 1. The van der Waals surface area contributed by atoms with Crippen molar-refractivity contribution in [2.45, 2.75) is 31.5 Å².